The number of pyridine rings is 1. The van der Waals surface area contributed by atoms with Crippen LogP contribution in [0.25, 0.3) is 22.0 Å². The molecule has 0 aliphatic carbocycles. The van der Waals surface area contributed by atoms with E-state index in [1.54, 1.807) is 25.5 Å². The van der Waals surface area contributed by atoms with Crippen molar-refractivity contribution in [2.24, 2.45) is 7.05 Å². The topological polar surface area (TPSA) is 66.8 Å². The van der Waals surface area contributed by atoms with Crippen molar-refractivity contribution in [3.63, 3.8) is 0 Å². The molecule has 6 nitrogen and oxygen atoms in total. The summed E-state index contributed by atoms with van der Waals surface area (Å²) >= 11 is 0. The molecule has 3 aromatic rings. The zero-order chi connectivity index (χ0) is 19.4. The third kappa shape index (κ3) is 3.83. The highest BCUT2D eigenvalue weighted by atomic mass is 31.2. The number of fused-ring (bicyclic) bond motifs is 1. The summed E-state index contributed by atoms with van der Waals surface area (Å²) in [5, 5.41) is 0.651. The van der Waals surface area contributed by atoms with Crippen LogP contribution in [0.5, 0.6) is 5.75 Å². The average molecular weight is 387 g/mol. The monoisotopic (exact) mass is 387 g/mol. The highest BCUT2D eigenvalue weighted by molar-refractivity contribution is 7.49. The number of benzene rings is 2. The second-order valence-corrected chi connectivity index (χ2v) is 7.42. The van der Waals surface area contributed by atoms with Crippen molar-refractivity contribution in [3.05, 3.63) is 65.0 Å². The van der Waals surface area contributed by atoms with Gasteiger partial charge in [0.25, 0.3) is 5.56 Å². The fourth-order valence-corrected chi connectivity index (χ4v) is 4.16. The molecule has 0 aliphatic rings. The summed E-state index contributed by atoms with van der Waals surface area (Å²) in [5.74, 6) is 0.199. The summed E-state index contributed by atoms with van der Waals surface area (Å²) in [6.07, 6.45) is 0. The van der Waals surface area contributed by atoms with Crippen molar-refractivity contribution < 1.29 is 18.1 Å². The van der Waals surface area contributed by atoms with Crippen LogP contribution in [-0.4, -0.2) is 17.8 Å². The SMILES string of the molecule is CCOP(=O)(OCC)Oc1c(-c2ccccc2)c(=O)n(C)c2ccccc12. The molecule has 0 unspecified atom stereocenters. The number of aryl methyl sites for hydroxylation is 1. The zero-order valence-electron chi connectivity index (χ0n) is 15.5. The van der Waals surface area contributed by atoms with Gasteiger partial charge in [0.15, 0.2) is 5.75 Å². The minimum absolute atomic E-state index is 0.153. The number of hydrogen-bond acceptors (Lipinski definition) is 5. The van der Waals surface area contributed by atoms with Crippen LogP contribution >= 0.6 is 7.82 Å². The first-order valence-corrected chi connectivity index (χ1v) is 10.2. The van der Waals surface area contributed by atoms with Crippen LogP contribution in [0.3, 0.4) is 0 Å². The summed E-state index contributed by atoms with van der Waals surface area (Å²) in [6, 6.07) is 16.4. The molecule has 0 saturated heterocycles. The van der Waals surface area contributed by atoms with Gasteiger partial charge >= 0.3 is 7.82 Å². The Balaban J connectivity index is 2.33. The Kier molecular flexibility index (Phi) is 5.80. The molecule has 0 amide bonds. The van der Waals surface area contributed by atoms with Crippen LogP contribution in [0, 0.1) is 0 Å². The lowest BCUT2D eigenvalue weighted by molar-refractivity contribution is 0.168. The van der Waals surface area contributed by atoms with Crippen LogP contribution in [0.2, 0.25) is 0 Å². The maximum atomic E-state index is 13.1. The summed E-state index contributed by atoms with van der Waals surface area (Å²) in [4.78, 5) is 13.1. The molecule has 0 spiro atoms. The number of rotatable bonds is 7. The number of nitrogens with zero attached hydrogens (tertiary/aromatic N) is 1. The Morgan fingerprint density at radius 1 is 0.926 bits per heavy atom. The molecule has 7 heteroatoms. The maximum Gasteiger partial charge on any atom is 0.530 e. The molecular weight excluding hydrogens is 365 g/mol. The smallest absolute Gasteiger partial charge is 0.402 e. The van der Waals surface area contributed by atoms with E-state index in [0.29, 0.717) is 22.0 Å². The minimum Gasteiger partial charge on any atom is -0.402 e. The average Bonchev–Trinajstić information content (AvgIpc) is 2.67. The van der Waals surface area contributed by atoms with Crippen molar-refractivity contribution in [2.75, 3.05) is 13.2 Å². The Morgan fingerprint density at radius 3 is 2.15 bits per heavy atom. The molecule has 3 rings (SSSR count). The molecule has 0 atom stereocenters. The van der Waals surface area contributed by atoms with Crippen LogP contribution in [0.4, 0.5) is 0 Å². The number of phosphoric ester groups is 1. The normalized spacial score (nSPS) is 11.7. The van der Waals surface area contributed by atoms with Gasteiger partial charge in [-0.1, -0.05) is 42.5 Å². The Hall–Kier alpha value is -2.40. The zero-order valence-corrected chi connectivity index (χ0v) is 16.4. The van der Waals surface area contributed by atoms with Gasteiger partial charge in [0.1, 0.15) is 0 Å². The van der Waals surface area contributed by atoms with Crippen LogP contribution in [0.15, 0.2) is 59.4 Å². The second kappa shape index (κ2) is 8.09. The first-order chi connectivity index (χ1) is 13.0. The molecule has 1 aromatic heterocycles. The lowest BCUT2D eigenvalue weighted by atomic mass is 10.0. The van der Waals surface area contributed by atoms with E-state index in [1.165, 1.54) is 0 Å². The second-order valence-electron chi connectivity index (χ2n) is 5.83. The van der Waals surface area contributed by atoms with E-state index in [4.69, 9.17) is 13.6 Å². The van der Waals surface area contributed by atoms with E-state index in [0.717, 1.165) is 0 Å². The molecule has 142 valence electrons. The fourth-order valence-electron chi connectivity index (χ4n) is 2.94. The van der Waals surface area contributed by atoms with Crippen molar-refractivity contribution in [3.8, 4) is 16.9 Å². The Morgan fingerprint density at radius 2 is 1.52 bits per heavy atom. The highest BCUT2D eigenvalue weighted by Crippen LogP contribution is 2.52. The lowest BCUT2D eigenvalue weighted by Gasteiger charge is -2.21. The molecule has 0 saturated carbocycles. The largest absolute Gasteiger partial charge is 0.530 e. The summed E-state index contributed by atoms with van der Waals surface area (Å²) in [6.45, 7) is 3.71. The predicted octanol–water partition coefficient (Wildman–Crippen LogP) is 4.77. The summed E-state index contributed by atoms with van der Waals surface area (Å²) < 4.78 is 31.0. The summed E-state index contributed by atoms with van der Waals surface area (Å²) in [5.41, 5.74) is 1.39. The molecule has 0 fully saturated rings. The van der Waals surface area contributed by atoms with Gasteiger partial charge in [-0.25, -0.2) is 4.57 Å². The van der Waals surface area contributed by atoms with Crippen LogP contribution < -0.4 is 10.1 Å². The summed E-state index contributed by atoms with van der Waals surface area (Å²) in [7, 11) is -2.18. The van der Waals surface area contributed by atoms with E-state index in [-0.39, 0.29) is 24.5 Å². The van der Waals surface area contributed by atoms with Gasteiger partial charge in [0, 0.05) is 12.4 Å². The standard InChI is InChI=1S/C20H22NO5P/c1-4-24-27(23,25-5-2)26-19-16-13-9-10-14-17(16)21(3)20(22)18(19)15-11-7-6-8-12-15/h6-14H,4-5H2,1-3H3. The molecule has 0 aliphatic heterocycles. The van der Waals surface area contributed by atoms with E-state index in [1.807, 2.05) is 54.6 Å². The molecule has 2 aromatic carbocycles. The van der Waals surface area contributed by atoms with Crippen molar-refractivity contribution in [1.29, 1.82) is 0 Å². The maximum absolute atomic E-state index is 13.1. The Bertz CT molecular complexity index is 1040. The van der Waals surface area contributed by atoms with Gasteiger partial charge in [0.2, 0.25) is 0 Å². The van der Waals surface area contributed by atoms with Gasteiger partial charge < -0.3 is 9.09 Å². The minimum atomic E-state index is -3.88. The molecule has 1 heterocycles. The van der Waals surface area contributed by atoms with Crippen LogP contribution in [-0.2, 0) is 20.7 Å². The van der Waals surface area contributed by atoms with Gasteiger partial charge in [-0.05, 0) is 31.5 Å². The van der Waals surface area contributed by atoms with Crippen molar-refractivity contribution in [1.82, 2.24) is 4.57 Å². The van der Waals surface area contributed by atoms with E-state index < -0.39 is 7.82 Å². The van der Waals surface area contributed by atoms with E-state index in [9.17, 15) is 9.36 Å². The van der Waals surface area contributed by atoms with Crippen molar-refractivity contribution in [2.45, 2.75) is 13.8 Å². The quantitative estimate of drug-likeness (QED) is 0.547. The van der Waals surface area contributed by atoms with Crippen LogP contribution in [0.1, 0.15) is 13.8 Å². The lowest BCUT2D eigenvalue weighted by Crippen LogP contribution is -2.20. The molecule has 0 radical (unpaired) electrons. The number of phosphoric acid groups is 1. The van der Waals surface area contributed by atoms with Gasteiger partial charge in [-0.2, -0.15) is 0 Å². The van der Waals surface area contributed by atoms with Gasteiger partial charge in [0.05, 0.1) is 24.3 Å². The third-order valence-electron chi connectivity index (χ3n) is 4.10. The number of aromatic nitrogens is 1. The van der Waals surface area contributed by atoms with Crippen molar-refractivity contribution >= 4 is 18.7 Å². The first kappa shape index (κ1) is 19.4. The van der Waals surface area contributed by atoms with Gasteiger partial charge in [-0.3, -0.25) is 13.8 Å². The number of hydrogen-bond donors (Lipinski definition) is 0. The molecule has 27 heavy (non-hydrogen) atoms. The number of para-hydroxylation sites is 1. The van der Waals surface area contributed by atoms with E-state index >= 15 is 0 Å². The van der Waals surface area contributed by atoms with E-state index in [2.05, 4.69) is 0 Å². The Labute approximate surface area is 157 Å². The third-order valence-corrected chi connectivity index (χ3v) is 5.65. The first-order valence-electron chi connectivity index (χ1n) is 8.76. The predicted molar refractivity (Wildman–Crippen MR) is 106 cm³/mol. The molecular formula is C20H22NO5P. The molecule has 0 bridgehead atoms. The fraction of sp³-hybridized carbons (Fsp3) is 0.250. The van der Waals surface area contributed by atoms with Gasteiger partial charge in [-0.15, -0.1) is 0 Å². The molecule has 0 N–H and O–H groups in total. The highest BCUT2D eigenvalue weighted by Gasteiger charge is 2.31.